The first-order valence-electron chi connectivity index (χ1n) is 5.28. The van der Waals surface area contributed by atoms with E-state index in [-0.39, 0.29) is 16.0 Å². The van der Waals surface area contributed by atoms with Crippen molar-refractivity contribution in [3.8, 4) is 0 Å². The molecule has 0 unspecified atom stereocenters. The minimum absolute atomic E-state index is 0.0780. The highest BCUT2D eigenvalue weighted by Gasteiger charge is 2.41. The van der Waals surface area contributed by atoms with Crippen LogP contribution in [0.15, 0.2) is 29.6 Å². The molecule has 1 aliphatic carbocycles. The number of benzene rings is 1. The molecular weight excluding hydrogens is 277 g/mol. The minimum atomic E-state index is -4.66. The summed E-state index contributed by atoms with van der Waals surface area (Å²) in [7, 11) is 0. The van der Waals surface area contributed by atoms with Gasteiger partial charge < -0.3 is 0 Å². The molecule has 0 fully saturated rings. The lowest BCUT2D eigenvalue weighted by Crippen LogP contribution is -2.23. The first-order valence-corrected chi connectivity index (χ1v) is 6.16. The molecule has 0 spiro atoms. The van der Waals surface area contributed by atoms with Gasteiger partial charge in [-0.15, -0.1) is 11.3 Å². The van der Waals surface area contributed by atoms with Crippen LogP contribution in [0.3, 0.4) is 0 Å². The van der Waals surface area contributed by atoms with Crippen molar-refractivity contribution >= 4 is 22.9 Å². The van der Waals surface area contributed by atoms with E-state index < -0.39 is 28.9 Å². The molecule has 1 aliphatic rings. The average molecular weight is 282 g/mol. The summed E-state index contributed by atoms with van der Waals surface area (Å²) in [5, 5.41) is 1.53. The number of hydrogen-bond donors (Lipinski definition) is 0. The van der Waals surface area contributed by atoms with Gasteiger partial charge in [0.25, 0.3) is 0 Å². The van der Waals surface area contributed by atoms with Gasteiger partial charge in [-0.1, -0.05) is 12.1 Å². The van der Waals surface area contributed by atoms with E-state index in [1.807, 2.05) is 0 Å². The lowest BCUT2D eigenvalue weighted by Gasteiger charge is -2.18. The molecule has 1 aromatic carbocycles. The van der Waals surface area contributed by atoms with Gasteiger partial charge in [-0.3, -0.25) is 9.59 Å². The van der Waals surface area contributed by atoms with Crippen molar-refractivity contribution in [3.05, 3.63) is 56.8 Å². The Hall–Kier alpha value is -1.95. The molecule has 0 amide bonds. The van der Waals surface area contributed by atoms with Gasteiger partial charge >= 0.3 is 6.18 Å². The zero-order valence-corrected chi connectivity index (χ0v) is 10.1. The molecule has 0 aliphatic heterocycles. The maximum atomic E-state index is 12.9. The Morgan fingerprint density at radius 1 is 0.947 bits per heavy atom. The lowest BCUT2D eigenvalue weighted by atomic mass is 9.86. The molecule has 1 heterocycles. The molecule has 0 radical (unpaired) electrons. The number of ketones is 2. The summed E-state index contributed by atoms with van der Waals surface area (Å²) in [6.45, 7) is 0. The fourth-order valence-electron chi connectivity index (χ4n) is 2.14. The van der Waals surface area contributed by atoms with E-state index in [1.165, 1.54) is 17.5 Å². The van der Waals surface area contributed by atoms with E-state index in [4.69, 9.17) is 0 Å². The van der Waals surface area contributed by atoms with Crippen LogP contribution in [0.1, 0.15) is 36.7 Å². The Balaban J connectivity index is 2.34. The highest BCUT2D eigenvalue weighted by Crippen LogP contribution is 2.39. The van der Waals surface area contributed by atoms with Crippen molar-refractivity contribution < 1.29 is 22.8 Å². The van der Waals surface area contributed by atoms with E-state index in [0.717, 1.165) is 23.5 Å². The van der Waals surface area contributed by atoms with Gasteiger partial charge in [-0.25, -0.2) is 0 Å². The van der Waals surface area contributed by atoms with Crippen molar-refractivity contribution in [2.24, 2.45) is 0 Å². The van der Waals surface area contributed by atoms with Gasteiger partial charge in [-0.2, -0.15) is 13.2 Å². The van der Waals surface area contributed by atoms with Crippen LogP contribution < -0.4 is 0 Å². The summed E-state index contributed by atoms with van der Waals surface area (Å²) < 4.78 is 38.8. The first-order chi connectivity index (χ1) is 8.91. The predicted octanol–water partition coefficient (Wildman–Crippen LogP) is 3.54. The number of halogens is 3. The summed E-state index contributed by atoms with van der Waals surface area (Å²) in [6.07, 6.45) is -4.66. The van der Waals surface area contributed by atoms with Crippen LogP contribution in [-0.4, -0.2) is 11.6 Å². The van der Waals surface area contributed by atoms with Crippen LogP contribution in [0.2, 0.25) is 0 Å². The summed E-state index contributed by atoms with van der Waals surface area (Å²) in [5.41, 5.74) is -1.58. The minimum Gasteiger partial charge on any atom is -0.289 e. The number of carbonyl (C=O) groups excluding carboxylic acids is 2. The maximum Gasteiger partial charge on any atom is 0.417 e. The Bertz CT molecular complexity index is 713. The van der Waals surface area contributed by atoms with Crippen LogP contribution in [0, 0.1) is 0 Å². The Labute approximate surface area is 109 Å². The second kappa shape index (κ2) is 3.77. The van der Waals surface area contributed by atoms with Crippen LogP contribution in [0.4, 0.5) is 13.2 Å². The fourth-order valence-corrected chi connectivity index (χ4v) is 2.98. The Kier molecular flexibility index (Phi) is 2.40. The van der Waals surface area contributed by atoms with E-state index in [9.17, 15) is 22.8 Å². The van der Waals surface area contributed by atoms with Crippen molar-refractivity contribution in [2.75, 3.05) is 0 Å². The normalized spacial score (nSPS) is 14.3. The number of carbonyl (C=O) groups is 2. The summed E-state index contributed by atoms with van der Waals surface area (Å²) in [5.74, 6) is -1.26. The van der Waals surface area contributed by atoms with Gasteiger partial charge in [0.2, 0.25) is 5.78 Å². The molecule has 1 aromatic heterocycles. The topological polar surface area (TPSA) is 34.1 Å². The Morgan fingerprint density at radius 3 is 2.37 bits per heavy atom. The quantitative estimate of drug-likeness (QED) is 0.632. The molecule has 0 saturated heterocycles. The molecule has 6 heteroatoms. The number of rotatable bonds is 0. The summed E-state index contributed by atoms with van der Waals surface area (Å²) in [6, 6.07) is 4.68. The largest absolute Gasteiger partial charge is 0.417 e. The molecule has 0 bridgehead atoms. The van der Waals surface area contributed by atoms with Gasteiger partial charge in [0, 0.05) is 16.7 Å². The second-order valence-electron chi connectivity index (χ2n) is 4.05. The van der Waals surface area contributed by atoms with Crippen molar-refractivity contribution in [3.63, 3.8) is 0 Å². The fraction of sp³-hybridized carbons (Fsp3) is 0.0769. The van der Waals surface area contributed by atoms with E-state index in [0.29, 0.717) is 0 Å². The number of alkyl halides is 3. The van der Waals surface area contributed by atoms with E-state index >= 15 is 0 Å². The van der Waals surface area contributed by atoms with Gasteiger partial charge in [-0.05, 0) is 17.5 Å². The number of fused-ring (bicyclic) bond motifs is 2. The first kappa shape index (κ1) is 12.1. The van der Waals surface area contributed by atoms with Gasteiger partial charge in [0.1, 0.15) is 0 Å². The molecule has 2 aromatic rings. The third kappa shape index (κ3) is 1.63. The predicted molar refractivity (Wildman–Crippen MR) is 62.6 cm³/mol. The molecule has 0 atom stereocenters. The monoisotopic (exact) mass is 282 g/mol. The standard InChI is InChI=1S/C13H5F3O2S/c14-13(15,16)8-3-1-2-6-9(8)11(18)12-7(10(6)17)4-5-19-12/h1-5H. The molecule has 19 heavy (non-hydrogen) atoms. The third-order valence-electron chi connectivity index (χ3n) is 2.96. The van der Waals surface area contributed by atoms with Crippen LogP contribution in [-0.2, 0) is 6.18 Å². The zero-order chi connectivity index (χ0) is 13.8. The van der Waals surface area contributed by atoms with Crippen LogP contribution in [0.5, 0.6) is 0 Å². The molecule has 3 rings (SSSR count). The number of thiophene rings is 1. The third-order valence-corrected chi connectivity index (χ3v) is 3.87. The second-order valence-corrected chi connectivity index (χ2v) is 4.96. The number of hydrogen-bond acceptors (Lipinski definition) is 3. The molecule has 96 valence electrons. The molecule has 0 N–H and O–H groups in total. The lowest BCUT2D eigenvalue weighted by molar-refractivity contribution is -0.137. The smallest absolute Gasteiger partial charge is 0.289 e. The molecule has 0 saturated carbocycles. The van der Waals surface area contributed by atoms with Gasteiger partial charge in [0.05, 0.1) is 10.4 Å². The molecular formula is C13H5F3O2S. The summed E-state index contributed by atoms with van der Waals surface area (Å²) >= 11 is 0.982. The highest BCUT2D eigenvalue weighted by atomic mass is 32.1. The average Bonchev–Trinajstić information content (AvgIpc) is 2.83. The maximum absolute atomic E-state index is 12.9. The van der Waals surface area contributed by atoms with Crippen LogP contribution in [0.25, 0.3) is 0 Å². The van der Waals surface area contributed by atoms with Gasteiger partial charge in [0.15, 0.2) is 5.78 Å². The van der Waals surface area contributed by atoms with Crippen molar-refractivity contribution in [1.82, 2.24) is 0 Å². The van der Waals surface area contributed by atoms with E-state index in [1.54, 1.807) is 0 Å². The molecule has 2 nitrogen and oxygen atoms in total. The highest BCUT2D eigenvalue weighted by molar-refractivity contribution is 7.12. The summed E-state index contributed by atoms with van der Waals surface area (Å²) in [4.78, 5) is 24.3. The van der Waals surface area contributed by atoms with Crippen molar-refractivity contribution in [2.45, 2.75) is 6.18 Å². The Morgan fingerprint density at radius 2 is 1.68 bits per heavy atom. The van der Waals surface area contributed by atoms with Crippen molar-refractivity contribution in [1.29, 1.82) is 0 Å². The zero-order valence-electron chi connectivity index (χ0n) is 9.25. The SMILES string of the molecule is O=C1c2ccsc2C(=O)c2c1cccc2C(F)(F)F. The van der Waals surface area contributed by atoms with E-state index in [2.05, 4.69) is 0 Å². The van der Waals surface area contributed by atoms with Crippen LogP contribution >= 0.6 is 11.3 Å².